The van der Waals surface area contributed by atoms with Crippen LogP contribution in [0.4, 0.5) is 0 Å². The van der Waals surface area contributed by atoms with Gasteiger partial charge in [0, 0.05) is 32.8 Å². The highest BCUT2D eigenvalue weighted by Gasteiger charge is 2.41. The molecule has 0 unspecified atom stereocenters. The van der Waals surface area contributed by atoms with Crippen molar-refractivity contribution in [2.45, 2.75) is 0 Å². The van der Waals surface area contributed by atoms with Gasteiger partial charge in [-0.25, -0.2) is 0 Å². The number of ether oxygens (including phenoxy) is 1. The summed E-state index contributed by atoms with van der Waals surface area (Å²) in [5, 5.41) is 2.49. The van der Waals surface area contributed by atoms with Gasteiger partial charge >= 0.3 is 6.92 Å². The van der Waals surface area contributed by atoms with Gasteiger partial charge < -0.3 is 14.0 Å². The second-order valence-electron chi connectivity index (χ2n) is 13.6. The fourth-order valence-electron chi connectivity index (χ4n) is 8.28. The maximum Gasteiger partial charge on any atom is 0.434 e. The SMILES string of the molecule is c1ccc(-c2ccc(-c3cc4c5c(c3)-c3ccccc3OB5c3cc(-c5ccccc5-n5c6ccccc6c6ccccc65)ccc3O4)cc2)cc1. The van der Waals surface area contributed by atoms with E-state index in [4.69, 9.17) is 9.39 Å². The topological polar surface area (TPSA) is 23.4 Å². The minimum absolute atomic E-state index is 0.307. The number of aromatic nitrogens is 1. The fourth-order valence-corrected chi connectivity index (χ4v) is 8.28. The number of hydrogen-bond donors (Lipinski definition) is 0. The Balaban J connectivity index is 1.05. The van der Waals surface area contributed by atoms with E-state index in [-0.39, 0.29) is 6.92 Å². The van der Waals surface area contributed by atoms with Gasteiger partial charge in [-0.1, -0.05) is 140 Å². The van der Waals surface area contributed by atoms with Crippen LogP contribution >= 0.6 is 0 Å². The molecule has 11 rings (SSSR count). The highest BCUT2D eigenvalue weighted by molar-refractivity contribution is 6.84. The fraction of sp³-hybridized carbons (Fsp3) is 0. The molecule has 9 aromatic rings. The first-order valence-corrected chi connectivity index (χ1v) is 17.8. The summed E-state index contributed by atoms with van der Waals surface area (Å²) in [6, 6.07) is 64.7. The Morgan fingerprint density at radius 1 is 0.385 bits per heavy atom. The van der Waals surface area contributed by atoms with Crippen LogP contribution in [0.25, 0.3) is 72.0 Å². The van der Waals surface area contributed by atoms with Crippen molar-refractivity contribution in [1.29, 1.82) is 0 Å². The number of fused-ring (bicyclic) bond motifs is 7. The molecule has 52 heavy (non-hydrogen) atoms. The molecule has 3 nitrogen and oxygen atoms in total. The van der Waals surface area contributed by atoms with Crippen molar-refractivity contribution in [3.8, 4) is 67.4 Å². The van der Waals surface area contributed by atoms with E-state index < -0.39 is 0 Å². The Morgan fingerprint density at radius 2 is 0.981 bits per heavy atom. The van der Waals surface area contributed by atoms with Crippen molar-refractivity contribution in [3.63, 3.8) is 0 Å². The first-order valence-electron chi connectivity index (χ1n) is 17.8. The van der Waals surface area contributed by atoms with Gasteiger partial charge in [0.1, 0.15) is 17.2 Å². The van der Waals surface area contributed by atoms with E-state index >= 15 is 0 Å². The second-order valence-corrected chi connectivity index (χ2v) is 13.6. The highest BCUT2D eigenvalue weighted by Crippen LogP contribution is 2.43. The van der Waals surface area contributed by atoms with E-state index in [0.29, 0.717) is 0 Å². The molecule has 1 aromatic heterocycles. The summed E-state index contributed by atoms with van der Waals surface area (Å²) in [5.74, 6) is 2.54. The number of rotatable bonds is 4. The van der Waals surface area contributed by atoms with E-state index in [1.807, 2.05) is 0 Å². The Kier molecular flexibility index (Phi) is 6.35. The molecule has 0 N–H and O–H groups in total. The van der Waals surface area contributed by atoms with Crippen LogP contribution in [0.15, 0.2) is 182 Å². The van der Waals surface area contributed by atoms with Gasteiger partial charge in [-0.05, 0) is 75.8 Å². The van der Waals surface area contributed by atoms with Crippen LogP contribution in [0.2, 0.25) is 0 Å². The third-order valence-corrected chi connectivity index (χ3v) is 10.7. The van der Waals surface area contributed by atoms with Crippen LogP contribution in [0.1, 0.15) is 0 Å². The van der Waals surface area contributed by atoms with Crippen molar-refractivity contribution in [1.82, 2.24) is 4.57 Å². The predicted molar refractivity (Wildman–Crippen MR) is 215 cm³/mol. The Labute approximate surface area is 302 Å². The zero-order valence-electron chi connectivity index (χ0n) is 28.2. The highest BCUT2D eigenvalue weighted by atomic mass is 16.5. The standard InChI is InChI=1S/C48H30BNO2/c1-2-12-31(13-3-1)32-22-24-33(25-23-32)35-28-40-39-17-7-11-21-45(39)52-49-41-29-34(26-27-46(41)51-47(30-35)48(40)49)36-14-4-8-18-42(36)50-43-19-9-5-15-37(43)38-16-6-10-20-44(38)50/h1-30H. The van der Waals surface area contributed by atoms with Gasteiger partial charge in [0.2, 0.25) is 0 Å². The lowest BCUT2D eigenvalue weighted by atomic mass is 9.50. The molecular weight excluding hydrogens is 633 g/mol. The van der Waals surface area contributed by atoms with E-state index in [1.165, 1.54) is 32.9 Å². The van der Waals surface area contributed by atoms with Gasteiger partial charge in [0.15, 0.2) is 0 Å². The molecule has 8 aromatic carbocycles. The van der Waals surface area contributed by atoms with Crippen molar-refractivity contribution in [2.75, 3.05) is 0 Å². The van der Waals surface area contributed by atoms with Crippen molar-refractivity contribution >= 4 is 39.6 Å². The van der Waals surface area contributed by atoms with E-state index in [2.05, 4.69) is 187 Å². The molecule has 0 atom stereocenters. The zero-order chi connectivity index (χ0) is 34.2. The number of para-hydroxylation sites is 4. The summed E-state index contributed by atoms with van der Waals surface area (Å²) in [5.41, 5.74) is 14.8. The summed E-state index contributed by atoms with van der Waals surface area (Å²) >= 11 is 0. The third kappa shape index (κ3) is 4.41. The number of benzene rings is 8. The number of hydrogen-bond acceptors (Lipinski definition) is 2. The average Bonchev–Trinajstić information content (AvgIpc) is 3.55. The van der Waals surface area contributed by atoms with Gasteiger partial charge in [-0.15, -0.1) is 0 Å². The van der Waals surface area contributed by atoms with Crippen LogP contribution in [-0.2, 0) is 0 Å². The molecule has 0 spiro atoms. The smallest absolute Gasteiger partial charge is 0.434 e. The average molecular weight is 664 g/mol. The molecular formula is C48H30BNO2. The molecule has 0 aliphatic carbocycles. The second kappa shape index (κ2) is 11.4. The quantitative estimate of drug-likeness (QED) is 0.175. The zero-order valence-corrected chi connectivity index (χ0v) is 28.2. The first kappa shape index (κ1) is 29.0. The maximum absolute atomic E-state index is 6.90. The Bertz CT molecular complexity index is 2800. The minimum atomic E-state index is -0.307. The van der Waals surface area contributed by atoms with Gasteiger partial charge in [0.25, 0.3) is 0 Å². The third-order valence-electron chi connectivity index (χ3n) is 10.7. The van der Waals surface area contributed by atoms with Gasteiger partial charge in [-0.3, -0.25) is 0 Å². The molecule has 0 bridgehead atoms. The summed E-state index contributed by atoms with van der Waals surface area (Å²) in [7, 11) is 0. The summed E-state index contributed by atoms with van der Waals surface area (Å²) in [6.45, 7) is -0.307. The lowest BCUT2D eigenvalue weighted by Gasteiger charge is -2.33. The molecule has 2 aliphatic rings. The Morgan fingerprint density at radius 3 is 1.75 bits per heavy atom. The van der Waals surface area contributed by atoms with Gasteiger partial charge in [0.05, 0.1) is 16.7 Å². The summed E-state index contributed by atoms with van der Waals surface area (Å²) < 4.78 is 16.1. The van der Waals surface area contributed by atoms with Crippen LogP contribution in [0, 0.1) is 0 Å². The first-order chi connectivity index (χ1) is 25.8. The molecule has 2 aliphatic heterocycles. The van der Waals surface area contributed by atoms with Crippen LogP contribution < -0.4 is 20.3 Å². The molecule has 0 saturated heterocycles. The van der Waals surface area contributed by atoms with Crippen LogP contribution in [0.5, 0.6) is 17.2 Å². The lowest BCUT2D eigenvalue weighted by molar-refractivity contribution is 0.479. The van der Waals surface area contributed by atoms with E-state index in [9.17, 15) is 0 Å². The Hall–Kier alpha value is -6.78. The van der Waals surface area contributed by atoms with Crippen molar-refractivity contribution < 1.29 is 9.39 Å². The van der Waals surface area contributed by atoms with E-state index in [0.717, 1.165) is 67.2 Å². The predicted octanol–water partition coefficient (Wildman–Crippen LogP) is 11.1. The summed E-state index contributed by atoms with van der Waals surface area (Å²) in [6.07, 6.45) is 0. The number of nitrogens with zero attached hydrogens (tertiary/aromatic N) is 1. The van der Waals surface area contributed by atoms with Crippen molar-refractivity contribution in [3.05, 3.63) is 182 Å². The van der Waals surface area contributed by atoms with E-state index in [1.54, 1.807) is 0 Å². The molecule has 0 saturated carbocycles. The van der Waals surface area contributed by atoms with Gasteiger partial charge in [-0.2, -0.15) is 0 Å². The maximum atomic E-state index is 6.90. The molecule has 4 heteroatoms. The minimum Gasteiger partial charge on any atom is -0.551 e. The normalized spacial score (nSPS) is 12.5. The molecule has 0 radical (unpaired) electrons. The molecule has 0 amide bonds. The largest absolute Gasteiger partial charge is 0.551 e. The van der Waals surface area contributed by atoms with Crippen LogP contribution in [0.3, 0.4) is 0 Å². The monoisotopic (exact) mass is 663 g/mol. The molecule has 3 heterocycles. The molecule has 242 valence electrons. The van der Waals surface area contributed by atoms with Crippen molar-refractivity contribution in [2.24, 2.45) is 0 Å². The molecule has 0 fully saturated rings. The summed E-state index contributed by atoms with van der Waals surface area (Å²) in [4.78, 5) is 0. The lowest BCUT2D eigenvalue weighted by Crippen LogP contribution is -2.53. The van der Waals surface area contributed by atoms with Crippen LogP contribution in [-0.4, -0.2) is 11.5 Å².